The number of ether oxygens (including phenoxy) is 1. The third kappa shape index (κ3) is 7.68. The van der Waals surface area contributed by atoms with Crippen LogP contribution in [0.25, 0.3) is 0 Å². The second-order valence-corrected chi connectivity index (χ2v) is 8.60. The van der Waals surface area contributed by atoms with E-state index in [0.29, 0.717) is 6.42 Å². The summed E-state index contributed by atoms with van der Waals surface area (Å²) in [6.07, 6.45) is 2.52. The van der Waals surface area contributed by atoms with Crippen molar-refractivity contribution in [3.63, 3.8) is 0 Å². The molecule has 6 heteroatoms. The van der Waals surface area contributed by atoms with Gasteiger partial charge in [-0.15, -0.1) is 0 Å². The number of carbonyl (C=O) groups excluding carboxylic acids is 2. The number of carbonyl (C=O) groups is 2. The summed E-state index contributed by atoms with van der Waals surface area (Å²) in [6, 6.07) is 0. The summed E-state index contributed by atoms with van der Waals surface area (Å²) >= 11 is 0. The predicted molar refractivity (Wildman–Crippen MR) is 112 cm³/mol. The second kappa shape index (κ2) is 11.6. The summed E-state index contributed by atoms with van der Waals surface area (Å²) in [5.74, 6) is -2.29. The number of ketones is 1. The molecular formula is C23H38O6. The zero-order valence-corrected chi connectivity index (χ0v) is 18.5. The molecule has 6 nitrogen and oxygen atoms in total. The molecule has 0 aliphatic carbocycles. The van der Waals surface area contributed by atoms with E-state index in [2.05, 4.69) is 0 Å². The van der Waals surface area contributed by atoms with E-state index in [0.717, 1.165) is 5.57 Å². The Morgan fingerprint density at radius 3 is 2.34 bits per heavy atom. The minimum Gasteiger partial charge on any atom is -0.462 e. The fourth-order valence-corrected chi connectivity index (χ4v) is 3.86. The molecule has 0 radical (unpaired) electrons. The van der Waals surface area contributed by atoms with E-state index in [1.807, 2.05) is 26.8 Å². The molecule has 1 heterocycles. The molecule has 166 valence electrons. The van der Waals surface area contributed by atoms with Crippen molar-refractivity contribution in [3.05, 3.63) is 23.8 Å². The van der Waals surface area contributed by atoms with Gasteiger partial charge >= 0.3 is 5.97 Å². The van der Waals surface area contributed by atoms with Crippen LogP contribution in [-0.2, 0) is 14.3 Å². The van der Waals surface area contributed by atoms with Gasteiger partial charge in [0.1, 0.15) is 6.10 Å². The molecular weight excluding hydrogens is 372 g/mol. The van der Waals surface area contributed by atoms with Gasteiger partial charge in [-0.3, -0.25) is 9.59 Å². The summed E-state index contributed by atoms with van der Waals surface area (Å²) in [6.45, 7) is 10.7. The molecule has 29 heavy (non-hydrogen) atoms. The van der Waals surface area contributed by atoms with Gasteiger partial charge in [0.25, 0.3) is 0 Å². The zero-order valence-electron chi connectivity index (χ0n) is 18.5. The first-order valence-electron chi connectivity index (χ1n) is 10.6. The third-order valence-corrected chi connectivity index (χ3v) is 6.00. The summed E-state index contributed by atoms with van der Waals surface area (Å²) in [5.41, 5.74) is 0.889. The highest BCUT2D eigenvalue weighted by atomic mass is 16.5. The molecule has 1 rings (SSSR count). The lowest BCUT2D eigenvalue weighted by atomic mass is 9.79. The normalized spacial score (nSPS) is 39.9. The molecule has 8 atom stereocenters. The largest absolute Gasteiger partial charge is 0.462 e. The number of hydrogen-bond acceptors (Lipinski definition) is 6. The standard InChI is InChI=1S/C23H38O6/c1-7-21-15(4)10-13(2)8-9-19(25)14(3)11-18(17(6)24)23(28)16(5)20(26)12-22(27)29-21/h8-10,14-18,20-21,23-24,26,28H,7,11-12H2,1-6H3/b9-8+,13-10+/t14-,15+,16+,17?,18-,20-,21-,23-/m1/s1. The number of cyclic esters (lactones) is 1. The van der Waals surface area contributed by atoms with Gasteiger partial charge in [0.15, 0.2) is 5.78 Å². The average Bonchev–Trinajstić information content (AvgIpc) is 2.65. The van der Waals surface area contributed by atoms with Gasteiger partial charge in [0, 0.05) is 23.7 Å². The van der Waals surface area contributed by atoms with E-state index in [1.54, 1.807) is 26.8 Å². The summed E-state index contributed by atoms with van der Waals surface area (Å²) in [4.78, 5) is 24.9. The van der Waals surface area contributed by atoms with Crippen LogP contribution in [0.5, 0.6) is 0 Å². The van der Waals surface area contributed by atoms with Gasteiger partial charge in [-0.05, 0) is 32.8 Å². The SMILES string of the molecule is CC[C@H]1OC(=O)C[C@@H](O)[C@H](C)[C@@H](O)[C@@H](C(C)O)C[C@@H](C)C(=O)/C=C/C(C)=C/[C@@H]1C. The highest BCUT2D eigenvalue weighted by molar-refractivity contribution is 5.91. The molecule has 0 amide bonds. The maximum absolute atomic E-state index is 12.5. The predicted octanol–water partition coefficient (Wildman–Crippen LogP) is 2.80. The van der Waals surface area contributed by atoms with Crippen LogP contribution in [0.1, 0.15) is 60.8 Å². The first kappa shape index (κ1) is 25.5. The Morgan fingerprint density at radius 1 is 1.17 bits per heavy atom. The maximum atomic E-state index is 12.5. The van der Waals surface area contributed by atoms with Crippen molar-refractivity contribution < 1.29 is 29.6 Å². The van der Waals surface area contributed by atoms with Crippen molar-refractivity contribution in [2.24, 2.45) is 23.7 Å². The van der Waals surface area contributed by atoms with Crippen LogP contribution >= 0.6 is 0 Å². The van der Waals surface area contributed by atoms with E-state index >= 15 is 0 Å². The Kier molecular flexibility index (Phi) is 10.2. The Balaban J connectivity index is 3.24. The number of hydrogen-bond donors (Lipinski definition) is 3. The number of esters is 1. The fourth-order valence-electron chi connectivity index (χ4n) is 3.86. The third-order valence-electron chi connectivity index (χ3n) is 6.00. The van der Waals surface area contributed by atoms with Crippen molar-refractivity contribution in [2.45, 2.75) is 85.2 Å². The highest BCUT2D eigenvalue weighted by Crippen LogP contribution is 2.28. The first-order chi connectivity index (χ1) is 13.5. The number of aliphatic hydroxyl groups excluding tert-OH is 3. The van der Waals surface area contributed by atoms with Crippen molar-refractivity contribution in [1.82, 2.24) is 0 Å². The minimum absolute atomic E-state index is 0.0474. The van der Waals surface area contributed by atoms with Gasteiger partial charge in [0.05, 0.1) is 24.7 Å². The van der Waals surface area contributed by atoms with Gasteiger partial charge in [0.2, 0.25) is 0 Å². The lowest BCUT2D eigenvalue weighted by Gasteiger charge is -2.33. The fraction of sp³-hybridized carbons (Fsp3) is 0.739. The molecule has 1 aliphatic heterocycles. The lowest BCUT2D eigenvalue weighted by molar-refractivity contribution is -0.155. The molecule has 0 aromatic heterocycles. The van der Waals surface area contributed by atoms with E-state index in [1.165, 1.54) is 6.08 Å². The minimum atomic E-state index is -1.11. The van der Waals surface area contributed by atoms with Crippen LogP contribution in [0.2, 0.25) is 0 Å². The Morgan fingerprint density at radius 2 is 1.79 bits per heavy atom. The van der Waals surface area contributed by atoms with Gasteiger partial charge in [-0.1, -0.05) is 45.4 Å². The van der Waals surface area contributed by atoms with Crippen LogP contribution in [0.15, 0.2) is 23.8 Å². The molecule has 0 saturated carbocycles. The summed E-state index contributed by atoms with van der Waals surface area (Å²) in [5, 5.41) is 31.4. The van der Waals surface area contributed by atoms with Crippen molar-refractivity contribution in [2.75, 3.05) is 0 Å². The lowest BCUT2D eigenvalue weighted by Crippen LogP contribution is -2.42. The summed E-state index contributed by atoms with van der Waals surface area (Å²) < 4.78 is 5.56. The Bertz CT molecular complexity index is 608. The van der Waals surface area contributed by atoms with Crippen molar-refractivity contribution >= 4 is 11.8 Å². The maximum Gasteiger partial charge on any atom is 0.308 e. The molecule has 1 aliphatic rings. The van der Waals surface area contributed by atoms with Crippen molar-refractivity contribution in [1.29, 1.82) is 0 Å². The van der Waals surface area contributed by atoms with Gasteiger partial charge in [-0.25, -0.2) is 0 Å². The van der Waals surface area contributed by atoms with E-state index < -0.39 is 42.0 Å². The van der Waals surface area contributed by atoms with Crippen LogP contribution in [0.4, 0.5) is 0 Å². The van der Waals surface area contributed by atoms with Gasteiger partial charge < -0.3 is 20.1 Å². The van der Waals surface area contributed by atoms with Crippen LogP contribution in [-0.4, -0.2) is 51.5 Å². The van der Waals surface area contributed by atoms with Gasteiger partial charge in [-0.2, -0.15) is 0 Å². The molecule has 0 saturated heterocycles. The second-order valence-electron chi connectivity index (χ2n) is 8.60. The molecule has 0 aromatic carbocycles. The molecule has 0 aromatic rings. The topological polar surface area (TPSA) is 104 Å². The molecule has 1 unspecified atom stereocenters. The van der Waals surface area contributed by atoms with Crippen LogP contribution < -0.4 is 0 Å². The van der Waals surface area contributed by atoms with Crippen LogP contribution in [0, 0.1) is 23.7 Å². The highest BCUT2D eigenvalue weighted by Gasteiger charge is 2.35. The Hall–Kier alpha value is -1.50. The zero-order chi connectivity index (χ0) is 22.3. The van der Waals surface area contributed by atoms with Crippen molar-refractivity contribution in [3.8, 4) is 0 Å². The molecule has 3 N–H and O–H groups in total. The first-order valence-corrected chi connectivity index (χ1v) is 10.6. The smallest absolute Gasteiger partial charge is 0.308 e. The molecule has 0 spiro atoms. The molecule has 0 bridgehead atoms. The summed E-state index contributed by atoms with van der Waals surface area (Å²) in [7, 11) is 0. The van der Waals surface area contributed by atoms with E-state index in [9.17, 15) is 24.9 Å². The van der Waals surface area contributed by atoms with E-state index in [4.69, 9.17) is 4.74 Å². The van der Waals surface area contributed by atoms with E-state index in [-0.39, 0.29) is 30.6 Å². The molecule has 0 fully saturated rings. The number of aliphatic hydroxyl groups is 3. The number of allylic oxidation sites excluding steroid dienone is 3. The Labute approximate surface area is 174 Å². The van der Waals surface area contributed by atoms with Crippen LogP contribution in [0.3, 0.4) is 0 Å². The monoisotopic (exact) mass is 410 g/mol. The average molecular weight is 411 g/mol. The number of rotatable bonds is 2. The quantitative estimate of drug-likeness (QED) is 0.605.